The van der Waals surface area contributed by atoms with Crippen molar-refractivity contribution in [2.24, 2.45) is 5.73 Å². The minimum absolute atomic E-state index is 0.182. The number of hydrogen-bond acceptors (Lipinski definition) is 8. The molecule has 2 heterocycles. The number of carbonyl (C=O) groups is 2. The summed E-state index contributed by atoms with van der Waals surface area (Å²) >= 11 is 1.25. The molecule has 0 bridgehead atoms. The van der Waals surface area contributed by atoms with Crippen molar-refractivity contribution in [1.82, 2.24) is 5.32 Å². The maximum absolute atomic E-state index is 12.5. The second kappa shape index (κ2) is 9.82. The Bertz CT molecular complexity index is 928. The Morgan fingerprint density at radius 2 is 2.07 bits per heavy atom. The van der Waals surface area contributed by atoms with Gasteiger partial charge in [-0.1, -0.05) is 13.0 Å². The van der Waals surface area contributed by atoms with E-state index in [1.807, 2.05) is 18.2 Å². The molecule has 0 fully saturated rings. The van der Waals surface area contributed by atoms with Gasteiger partial charge in [0.25, 0.3) is 5.91 Å². The van der Waals surface area contributed by atoms with Gasteiger partial charge in [0.2, 0.25) is 6.79 Å². The van der Waals surface area contributed by atoms with Crippen LogP contribution in [0.15, 0.2) is 18.2 Å². The van der Waals surface area contributed by atoms with Crippen molar-refractivity contribution < 1.29 is 23.8 Å². The van der Waals surface area contributed by atoms with E-state index in [0.29, 0.717) is 40.6 Å². The zero-order valence-corrected chi connectivity index (χ0v) is 18.2. The van der Waals surface area contributed by atoms with Gasteiger partial charge in [-0.15, -0.1) is 11.3 Å². The fraction of sp³-hybridized carbons (Fsp3) is 0.429. The van der Waals surface area contributed by atoms with Crippen LogP contribution in [0.1, 0.15) is 50.4 Å². The molecular formula is C21H27N3O5S. The van der Waals surface area contributed by atoms with Crippen LogP contribution in [0.3, 0.4) is 0 Å². The van der Waals surface area contributed by atoms with Crippen LogP contribution in [0, 0.1) is 6.92 Å². The third kappa shape index (κ3) is 4.52. The number of carbonyl (C=O) groups excluding carboxylic acids is 2. The SMILES string of the molecule is CCC(CNc1sc(C(=O)NCCN)c(C)c1C(=O)OC)c1ccc2c(c1)OCO2. The maximum Gasteiger partial charge on any atom is 0.341 e. The van der Waals surface area contributed by atoms with Crippen LogP contribution in [0.25, 0.3) is 0 Å². The van der Waals surface area contributed by atoms with E-state index in [1.54, 1.807) is 6.92 Å². The second-order valence-electron chi connectivity index (χ2n) is 6.90. The predicted octanol–water partition coefficient (Wildman–Crippen LogP) is 2.87. The van der Waals surface area contributed by atoms with E-state index in [1.165, 1.54) is 18.4 Å². The molecule has 4 N–H and O–H groups in total. The molecule has 0 spiro atoms. The van der Waals surface area contributed by atoms with Gasteiger partial charge in [0.05, 0.1) is 17.6 Å². The lowest BCUT2D eigenvalue weighted by Gasteiger charge is -2.17. The first-order valence-electron chi connectivity index (χ1n) is 9.83. The molecule has 8 nitrogen and oxygen atoms in total. The highest BCUT2D eigenvalue weighted by atomic mass is 32.1. The molecule has 1 atom stereocenters. The number of amides is 1. The number of hydrogen-bond donors (Lipinski definition) is 3. The molecule has 30 heavy (non-hydrogen) atoms. The van der Waals surface area contributed by atoms with Crippen molar-refractivity contribution in [3.63, 3.8) is 0 Å². The molecule has 0 aliphatic carbocycles. The van der Waals surface area contributed by atoms with Crippen molar-refractivity contribution in [2.45, 2.75) is 26.2 Å². The smallest absolute Gasteiger partial charge is 0.341 e. The molecule has 9 heteroatoms. The normalized spacial score (nSPS) is 13.1. The van der Waals surface area contributed by atoms with E-state index in [4.69, 9.17) is 19.9 Å². The van der Waals surface area contributed by atoms with Gasteiger partial charge < -0.3 is 30.6 Å². The average Bonchev–Trinajstić information content (AvgIpc) is 3.35. The molecule has 3 rings (SSSR count). The summed E-state index contributed by atoms with van der Waals surface area (Å²) in [4.78, 5) is 25.3. The van der Waals surface area contributed by atoms with E-state index >= 15 is 0 Å². The van der Waals surface area contributed by atoms with E-state index in [-0.39, 0.29) is 18.6 Å². The maximum atomic E-state index is 12.5. The molecule has 1 amide bonds. The van der Waals surface area contributed by atoms with Crippen LogP contribution in [0.2, 0.25) is 0 Å². The number of nitrogens with two attached hydrogens (primary N) is 1. The quantitative estimate of drug-likeness (QED) is 0.521. The Kier molecular flexibility index (Phi) is 7.17. The molecule has 1 aromatic heterocycles. The molecule has 0 saturated heterocycles. The zero-order valence-electron chi connectivity index (χ0n) is 17.4. The molecular weight excluding hydrogens is 406 g/mol. The second-order valence-corrected chi connectivity index (χ2v) is 7.92. The number of esters is 1. The molecule has 1 unspecified atom stereocenters. The predicted molar refractivity (Wildman–Crippen MR) is 116 cm³/mol. The highest BCUT2D eigenvalue weighted by Gasteiger charge is 2.26. The van der Waals surface area contributed by atoms with Gasteiger partial charge in [0.15, 0.2) is 11.5 Å². The van der Waals surface area contributed by atoms with Crippen LogP contribution in [-0.4, -0.2) is 45.4 Å². The third-order valence-corrected chi connectivity index (χ3v) is 6.29. The molecule has 0 radical (unpaired) electrons. The van der Waals surface area contributed by atoms with Gasteiger partial charge in [0.1, 0.15) is 5.00 Å². The van der Waals surface area contributed by atoms with Gasteiger partial charge >= 0.3 is 5.97 Å². The summed E-state index contributed by atoms with van der Waals surface area (Å²) in [5.41, 5.74) is 7.57. The lowest BCUT2D eigenvalue weighted by atomic mass is 9.96. The average molecular weight is 434 g/mol. The minimum atomic E-state index is -0.472. The van der Waals surface area contributed by atoms with Gasteiger partial charge in [0, 0.05) is 25.6 Å². The molecule has 1 aliphatic rings. The molecule has 1 aromatic carbocycles. The van der Waals surface area contributed by atoms with Crippen molar-refractivity contribution in [1.29, 1.82) is 0 Å². The number of nitrogens with one attached hydrogen (secondary N) is 2. The summed E-state index contributed by atoms with van der Waals surface area (Å²) in [5, 5.41) is 6.73. The number of benzene rings is 1. The lowest BCUT2D eigenvalue weighted by molar-refractivity contribution is 0.0601. The van der Waals surface area contributed by atoms with Crippen molar-refractivity contribution >= 4 is 28.2 Å². The molecule has 162 valence electrons. The van der Waals surface area contributed by atoms with Gasteiger partial charge in [-0.25, -0.2) is 4.79 Å². The Hall–Kier alpha value is -2.78. The van der Waals surface area contributed by atoms with Gasteiger partial charge in [-0.2, -0.15) is 0 Å². The zero-order chi connectivity index (χ0) is 21.7. The minimum Gasteiger partial charge on any atom is -0.465 e. The van der Waals surface area contributed by atoms with Crippen molar-refractivity contribution in [2.75, 3.05) is 38.9 Å². The van der Waals surface area contributed by atoms with Gasteiger partial charge in [-0.05, 0) is 36.6 Å². The van der Waals surface area contributed by atoms with Crippen LogP contribution in [-0.2, 0) is 4.74 Å². The van der Waals surface area contributed by atoms with E-state index < -0.39 is 5.97 Å². The Balaban J connectivity index is 1.82. The van der Waals surface area contributed by atoms with Crippen LogP contribution >= 0.6 is 11.3 Å². The Labute approximate surface area is 179 Å². The number of rotatable bonds is 9. The molecule has 1 aliphatic heterocycles. The summed E-state index contributed by atoms with van der Waals surface area (Å²) < 4.78 is 15.8. The van der Waals surface area contributed by atoms with Crippen LogP contribution in [0.4, 0.5) is 5.00 Å². The van der Waals surface area contributed by atoms with Crippen LogP contribution in [0.5, 0.6) is 11.5 Å². The summed E-state index contributed by atoms with van der Waals surface area (Å²) in [6, 6.07) is 5.93. The summed E-state index contributed by atoms with van der Waals surface area (Å²) in [6.45, 7) is 5.39. The van der Waals surface area contributed by atoms with Crippen molar-refractivity contribution in [3.05, 3.63) is 39.8 Å². The van der Waals surface area contributed by atoms with Gasteiger partial charge in [-0.3, -0.25) is 4.79 Å². The number of fused-ring (bicyclic) bond motifs is 1. The first kappa shape index (κ1) is 21.9. The first-order valence-corrected chi connectivity index (χ1v) is 10.6. The number of ether oxygens (including phenoxy) is 3. The number of methoxy groups -OCH3 is 1. The summed E-state index contributed by atoms with van der Waals surface area (Å²) in [5.74, 6) is 0.953. The van der Waals surface area contributed by atoms with E-state index in [0.717, 1.165) is 23.5 Å². The largest absolute Gasteiger partial charge is 0.465 e. The Morgan fingerprint density at radius 3 is 2.77 bits per heavy atom. The third-order valence-electron chi connectivity index (χ3n) is 5.04. The van der Waals surface area contributed by atoms with Crippen molar-refractivity contribution in [3.8, 4) is 11.5 Å². The Morgan fingerprint density at radius 1 is 1.30 bits per heavy atom. The number of thiophene rings is 1. The first-order chi connectivity index (χ1) is 14.5. The lowest BCUT2D eigenvalue weighted by Crippen LogP contribution is -2.28. The summed E-state index contributed by atoms with van der Waals surface area (Å²) in [6.07, 6.45) is 0.883. The molecule has 0 saturated carbocycles. The fourth-order valence-electron chi connectivity index (χ4n) is 3.35. The molecule has 2 aromatic rings. The van der Waals surface area contributed by atoms with Crippen LogP contribution < -0.4 is 25.8 Å². The summed E-state index contributed by atoms with van der Waals surface area (Å²) in [7, 11) is 1.33. The number of anilines is 1. The highest BCUT2D eigenvalue weighted by molar-refractivity contribution is 7.18. The standard InChI is InChI=1S/C21H27N3O5S/c1-4-13(14-5-6-15-16(9-14)29-11-28-15)10-24-20-17(21(26)27-3)12(2)18(30-20)19(25)23-8-7-22/h5-6,9,13,24H,4,7-8,10-11,22H2,1-3H3,(H,23,25). The van der Waals surface area contributed by atoms with E-state index in [2.05, 4.69) is 17.6 Å². The van der Waals surface area contributed by atoms with E-state index in [9.17, 15) is 9.59 Å². The monoisotopic (exact) mass is 433 g/mol. The highest BCUT2D eigenvalue weighted by Crippen LogP contribution is 2.37. The topological polar surface area (TPSA) is 112 Å². The fourth-order valence-corrected chi connectivity index (χ4v) is 4.47.